The van der Waals surface area contributed by atoms with Gasteiger partial charge in [-0.2, -0.15) is 4.98 Å². The van der Waals surface area contributed by atoms with Gasteiger partial charge in [0.1, 0.15) is 11.6 Å². The van der Waals surface area contributed by atoms with Crippen molar-refractivity contribution in [3.8, 4) is 5.75 Å². The Balaban J connectivity index is 1.67. The second-order valence-electron chi connectivity index (χ2n) is 5.41. The van der Waals surface area contributed by atoms with Gasteiger partial charge in [-0.1, -0.05) is 5.16 Å². The molecule has 3 rings (SSSR count). The summed E-state index contributed by atoms with van der Waals surface area (Å²) < 4.78 is 18.9. The fourth-order valence-corrected chi connectivity index (χ4v) is 2.66. The van der Waals surface area contributed by atoms with Gasteiger partial charge in [0.15, 0.2) is 5.82 Å². The minimum atomic E-state index is -0.709. The van der Waals surface area contributed by atoms with Crippen molar-refractivity contribution in [2.45, 2.75) is 25.7 Å². The summed E-state index contributed by atoms with van der Waals surface area (Å²) in [6.45, 7) is 2.77. The summed E-state index contributed by atoms with van der Waals surface area (Å²) in [5.74, 6) is 0.0619. The molecule has 1 fully saturated rings. The summed E-state index contributed by atoms with van der Waals surface area (Å²) >= 11 is 0. The molecule has 1 aromatic carbocycles. The second kappa shape index (κ2) is 5.75. The Labute approximate surface area is 126 Å². The first-order valence-electron chi connectivity index (χ1n) is 7.12. The largest absolute Gasteiger partial charge is 0.508 e. The van der Waals surface area contributed by atoms with Gasteiger partial charge in [-0.05, 0) is 31.9 Å². The van der Waals surface area contributed by atoms with Crippen molar-refractivity contribution in [1.82, 2.24) is 15.0 Å². The number of phenols is 1. The van der Waals surface area contributed by atoms with E-state index in [0.29, 0.717) is 37.6 Å². The fraction of sp³-hybridized carbons (Fsp3) is 0.400. The predicted molar refractivity (Wildman–Crippen MR) is 75.0 cm³/mol. The minimum Gasteiger partial charge on any atom is -0.508 e. The van der Waals surface area contributed by atoms with Gasteiger partial charge >= 0.3 is 0 Å². The van der Waals surface area contributed by atoms with Crippen LogP contribution in [0.4, 0.5) is 4.39 Å². The Morgan fingerprint density at radius 3 is 2.73 bits per heavy atom. The lowest BCUT2D eigenvalue weighted by Gasteiger charge is -2.30. The Morgan fingerprint density at radius 2 is 2.14 bits per heavy atom. The van der Waals surface area contributed by atoms with Crippen LogP contribution >= 0.6 is 0 Å². The number of nitrogens with zero attached hydrogens (tertiary/aromatic N) is 3. The number of rotatable bonds is 2. The van der Waals surface area contributed by atoms with E-state index < -0.39 is 5.82 Å². The predicted octanol–water partition coefficient (Wildman–Crippen LogP) is 2.24. The molecule has 0 saturated carbocycles. The third-order valence-electron chi connectivity index (χ3n) is 3.86. The van der Waals surface area contributed by atoms with Crippen molar-refractivity contribution in [2.24, 2.45) is 0 Å². The number of aryl methyl sites for hydroxylation is 1. The normalized spacial score (nSPS) is 16.0. The number of phenolic OH excluding ortho intramolecular Hbond substituents is 1. The highest BCUT2D eigenvalue weighted by molar-refractivity contribution is 5.94. The van der Waals surface area contributed by atoms with Gasteiger partial charge in [-0.25, -0.2) is 4.39 Å². The Bertz CT molecular complexity index is 693. The van der Waals surface area contributed by atoms with E-state index in [2.05, 4.69) is 10.1 Å². The van der Waals surface area contributed by atoms with Gasteiger partial charge in [0.25, 0.3) is 5.91 Å². The first-order valence-corrected chi connectivity index (χ1v) is 7.12. The molecule has 0 bridgehead atoms. The molecule has 2 aromatic rings. The summed E-state index contributed by atoms with van der Waals surface area (Å²) in [7, 11) is 0. The van der Waals surface area contributed by atoms with Crippen LogP contribution in [0, 0.1) is 12.7 Å². The molecule has 116 valence electrons. The molecule has 1 aliphatic heterocycles. The van der Waals surface area contributed by atoms with Crippen molar-refractivity contribution in [2.75, 3.05) is 13.1 Å². The average molecular weight is 305 g/mol. The Hall–Kier alpha value is -2.44. The monoisotopic (exact) mass is 305 g/mol. The number of carbonyl (C=O) groups excluding carboxylic acids is 1. The smallest absolute Gasteiger partial charge is 0.256 e. The molecule has 22 heavy (non-hydrogen) atoms. The number of hydrogen-bond donors (Lipinski definition) is 1. The summed E-state index contributed by atoms with van der Waals surface area (Å²) in [4.78, 5) is 18.2. The topological polar surface area (TPSA) is 79.5 Å². The number of aromatic nitrogens is 2. The zero-order valence-electron chi connectivity index (χ0n) is 12.1. The maximum atomic E-state index is 13.8. The maximum Gasteiger partial charge on any atom is 0.256 e. The Morgan fingerprint density at radius 1 is 1.41 bits per heavy atom. The van der Waals surface area contributed by atoms with E-state index in [1.54, 1.807) is 11.8 Å². The lowest BCUT2D eigenvalue weighted by atomic mass is 9.96. The van der Waals surface area contributed by atoms with Crippen LogP contribution < -0.4 is 0 Å². The average Bonchev–Trinajstić information content (AvgIpc) is 2.93. The number of hydrogen-bond acceptors (Lipinski definition) is 5. The van der Waals surface area contributed by atoms with Crippen LogP contribution in [0.5, 0.6) is 5.75 Å². The molecule has 0 atom stereocenters. The van der Waals surface area contributed by atoms with Crippen LogP contribution in [0.15, 0.2) is 22.7 Å². The number of amides is 1. The number of benzene rings is 1. The van der Waals surface area contributed by atoms with Crippen LogP contribution in [-0.4, -0.2) is 39.1 Å². The number of likely N-dealkylation sites (tertiary alicyclic amines) is 1. The maximum absolute atomic E-state index is 13.8. The van der Waals surface area contributed by atoms with Crippen LogP contribution in [-0.2, 0) is 0 Å². The van der Waals surface area contributed by atoms with Gasteiger partial charge in [0.2, 0.25) is 5.89 Å². The molecule has 1 N–H and O–H groups in total. The van der Waals surface area contributed by atoms with E-state index in [0.717, 1.165) is 6.07 Å². The number of carbonyl (C=O) groups is 1. The van der Waals surface area contributed by atoms with Crippen molar-refractivity contribution in [3.63, 3.8) is 0 Å². The number of halogens is 1. The van der Waals surface area contributed by atoms with Gasteiger partial charge in [-0.15, -0.1) is 0 Å². The quantitative estimate of drug-likeness (QED) is 0.920. The highest BCUT2D eigenvalue weighted by Crippen LogP contribution is 2.28. The molecular weight excluding hydrogens is 289 g/mol. The third kappa shape index (κ3) is 2.79. The van der Waals surface area contributed by atoms with Crippen molar-refractivity contribution in [1.29, 1.82) is 0 Å². The first-order chi connectivity index (χ1) is 10.5. The summed E-state index contributed by atoms with van der Waals surface area (Å²) in [5.41, 5.74) is -0.0233. The standard InChI is InChI=1S/C15H16FN3O3/c1-9-17-14(22-18-9)10-4-6-19(7-5-10)15(21)12-3-2-11(20)8-13(12)16/h2-3,8,10,20H,4-7H2,1H3. The molecule has 2 heterocycles. The molecule has 1 aliphatic rings. The third-order valence-corrected chi connectivity index (χ3v) is 3.86. The minimum absolute atomic E-state index is 0.0233. The molecule has 7 heteroatoms. The van der Waals surface area contributed by atoms with E-state index in [1.807, 2.05) is 0 Å². The molecule has 6 nitrogen and oxygen atoms in total. The lowest BCUT2D eigenvalue weighted by molar-refractivity contribution is 0.0700. The molecule has 0 unspecified atom stereocenters. The molecule has 0 radical (unpaired) electrons. The summed E-state index contributed by atoms with van der Waals surface area (Å²) in [6.07, 6.45) is 1.40. The molecule has 1 amide bonds. The Kier molecular flexibility index (Phi) is 3.79. The lowest BCUT2D eigenvalue weighted by Crippen LogP contribution is -2.38. The van der Waals surface area contributed by atoms with E-state index in [1.165, 1.54) is 12.1 Å². The zero-order chi connectivity index (χ0) is 15.7. The van der Waals surface area contributed by atoms with Gasteiger partial charge in [0.05, 0.1) is 5.56 Å². The highest BCUT2D eigenvalue weighted by atomic mass is 19.1. The molecule has 1 aromatic heterocycles. The van der Waals surface area contributed by atoms with Gasteiger partial charge in [-0.3, -0.25) is 4.79 Å². The van der Waals surface area contributed by atoms with Crippen molar-refractivity contribution < 1.29 is 18.8 Å². The number of aromatic hydroxyl groups is 1. The SMILES string of the molecule is Cc1noc(C2CCN(C(=O)c3ccc(O)cc3F)CC2)n1. The van der Waals surface area contributed by atoms with E-state index in [-0.39, 0.29) is 23.1 Å². The number of piperidine rings is 1. The van der Waals surface area contributed by atoms with Crippen molar-refractivity contribution >= 4 is 5.91 Å². The van der Waals surface area contributed by atoms with Crippen LogP contribution in [0.1, 0.15) is 40.8 Å². The van der Waals surface area contributed by atoms with E-state index in [9.17, 15) is 14.3 Å². The van der Waals surface area contributed by atoms with Crippen LogP contribution in [0.2, 0.25) is 0 Å². The summed E-state index contributed by atoms with van der Waals surface area (Å²) in [5, 5.41) is 13.0. The molecule has 0 spiro atoms. The second-order valence-corrected chi connectivity index (χ2v) is 5.41. The zero-order valence-corrected chi connectivity index (χ0v) is 12.1. The van der Waals surface area contributed by atoms with Gasteiger partial charge < -0.3 is 14.5 Å². The molecular formula is C15H16FN3O3. The van der Waals surface area contributed by atoms with Crippen LogP contribution in [0.25, 0.3) is 0 Å². The van der Waals surface area contributed by atoms with E-state index in [4.69, 9.17) is 4.52 Å². The first kappa shape index (κ1) is 14.5. The summed E-state index contributed by atoms with van der Waals surface area (Å²) in [6, 6.07) is 3.56. The fourth-order valence-electron chi connectivity index (χ4n) is 2.66. The van der Waals surface area contributed by atoms with Crippen molar-refractivity contribution in [3.05, 3.63) is 41.3 Å². The molecule has 0 aliphatic carbocycles. The molecule has 1 saturated heterocycles. The van der Waals surface area contributed by atoms with Crippen LogP contribution in [0.3, 0.4) is 0 Å². The van der Waals surface area contributed by atoms with E-state index >= 15 is 0 Å². The highest BCUT2D eigenvalue weighted by Gasteiger charge is 2.28. The van der Waals surface area contributed by atoms with Gasteiger partial charge in [0, 0.05) is 25.1 Å².